The maximum atomic E-state index is 14.1. The fourth-order valence-electron chi connectivity index (χ4n) is 4.85. The first-order chi connectivity index (χ1) is 19.8. The molecule has 9 heteroatoms. The molecule has 4 aromatic carbocycles. The third-order valence-corrected chi connectivity index (χ3v) is 7.44. The van der Waals surface area contributed by atoms with Crippen LogP contribution in [0.5, 0.6) is 0 Å². The number of amides is 1. The van der Waals surface area contributed by atoms with Crippen molar-refractivity contribution in [3.63, 3.8) is 0 Å². The zero-order valence-corrected chi connectivity index (χ0v) is 23.8. The highest BCUT2D eigenvalue weighted by Crippen LogP contribution is 2.39. The van der Waals surface area contributed by atoms with Gasteiger partial charge in [-0.05, 0) is 41.8 Å². The Balaban J connectivity index is 1.58. The Bertz CT molecular complexity index is 1720. The van der Waals surface area contributed by atoms with E-state index in [9.17, 15) is 14.0 Å². The number of imidazole rings is 1. The van der Waals surface area contributed by atoms with Crippen molar-refractivity contribution < 1.29 is 18.7 Å². The van der Waals surface area contributed by atoms with Crippen LogP contribution in [0.1, 0.15) is 52.1 Å². The summed E-state index contributed by atoms with van der Waals surface area (Å²) in [6, 6.07) is 22.3. The van der Waals surface area contributed by atoms with Crippen molar-refractivity contribution in [3.8, 4) is 22.5 Å². The molecule has 5 rings (SSSR count). The third kappa shape index (κ3) is 5.82. The maximum Gasteiger partial charge on any atom is 0.338 e. The maximum absolute atomic E-state index is 14.1. The Morgan fingerprint density at radius 2 is 1.76 bits per heavy atom. The minimum atomic E-state index is -0.632. The number of halogens is 3. The van der Waals surface area contributed by atoms with Crippen LogP contribution in [0.2, 0.25) is 10.0 Å². The van der Waals surface area contributed by atoms with Crippen LogP contribution in [0.25, 0.3) is 33.5 Å². The molecule has 208 valence electrons. The molecule has 0 saturated carbocycles. The Labute approximate surface area is 246 Å². The molecule has 6 nitrogen and oxygen atoms in total. The summed E-state index contributed by atoms with van der Waals surface area (Å²) < 4.78 is 19.2. The van der Waals surface area contributed by atoms with Gasteiger partial charge in [-0.3, -0.25) is 4.79 Å². The van der Waals surface area contributed by atoms with Crippen molar-refractivity contribution in [2.24, 2.45) is 0 Å². The van der Waals surface area contributed by atoms with Gasteiger partial charge >= 0.3 is 5.97 Å². The van der Waals surface area contributed by atoms with E-state index in [2.05, 4.69) is 22.2 Å². The largest absolute Gasteiger partial charge is 0.465 e. The standard InChI is InChI=1S/C32H26Cl2FN3O3/c1-3-8-26(18-9-5-4-6-10-18)38-31(39)19-13-14-20(22(15-19)32(40)41-2)29-21(11-7-12-23(29)33)30-36-27-16-24(34)25(35)17-28(27)37-30/h4-7,9-17,26H,3,8H2,1-2H3,(H,36,37)(H,38,39)/t26-/m1/s1. The zero-order valence-electron chi connectivity index (χ0n) is 22.3. The molecule has 41 heavy (non-hydrogen) atoms. The van der Waals surface area contributed by atoms with E-state index in [-0.39, 0.29) is 22.5 Å². The lowest BCUT2D eigenvalue weighted by atomic mass is 9.93. The minimum Gasteiger partial charge on any atom is -0.465 e. The monoisotopic (exact) mass is 589 g/mol. The molecule has 0 fully saturated rings. The number of nitrogens with zero attached hydrogens (tertiary/aromatic N) is 1. The summed E-state index contributed by atoms with van der Waals surface area (Å²) in [6.07, 6.45) is 1.63. The Morgan fingerprint density at radius 1 is 0.976 bits per heavy atom. The quantitative estimate of drug-likeness (QED) is 0.178. The van der Waals surface area contributed by atoms with Crippen LogP contribution in [0.15, 0.2) is 78.9 Å². The second kappa shape index (κ2) is 12.1. The highest BCUT2D eigenvalue weighted by molar-refractivity contribution is 6.34. The van der Waals surface area contributed by atoms with E-state index in [0.717, 1.165) is 18.4 Å². The number of carbonyl (C=O) groups is 2. The molecular formula is C32H26Cl2FN3O3. The average molecular weight is 590 g/mol. The fraction of sp³-hybridized carbons (Fsp3) is 0.156. The van der Waals surface area contributed by atoms with Gasteiger partial charge in [-0.2, -0.15) is 0 Å². The number of fused-ring (bicyclic) bond motifs is 1. The second-order valence-electron chi connectivity index (χ2n) is 9.51. The van der Waals surface area contributed by atoms with Crippen LogP contribution in [-0.4, -0.2) is 29.0 Å². The molecule has 0 aliphatic carbocycles. The van der Waals surface area contributed by atoms with Crippen molar-refractivity contribution in [1.82, 2.24) is 15.3 Å². The predicted molar refractivity (Wildman–Crippen MR) is 160 cm³/mol. The number of aromatic amines is 1. The molecule has 0 aliphatic heterocycles. The normalized spacial score (nSPS) is 11.8. The van der Waals surface area contributed by atoms with Gasteiger partial charge in [0.25, 0.3) is 5.91 Å². The van der Waals surface area contributed by atoms with Gasteiger partial charge in [0.2, 0.25) is 0 Å². The summed E-state index contributed by atoms with van der Waals surface area (Å²) in [5, 5.41) is 3.40. The van der Waals surface area contributed by atoms with Gasteiger partial charge in [0.15, 0.2) is 0 Å². The van der Waals surface area contributed by atoms with Crippen molar-refractivity contribution >= 4 is 46.1 Å². The van der Waals surface area contributed by atoms with Crippen LogP contribution in [0, 0.1) is 5.82 Å². The predicted octanol–water partition coefficient (Wildman–Crippen LogP) is 8.40. The summed E-state index contributed by atoms with van der Waals surface area (Å²) in [4.78, 5) is 34.1. The number of nitrogens with one attached hydrogen (secondary N) is 2. The first-order valence-corrected chi connectivity index (χ1v) is 13.8. The van der Waals surface area contributed by atoms with E-state index in [0.29, 0.717) is 44.1 Å². The van der Waals surface area contributed by atoms with Crippen LogP contribution < -0.4 is 5.32 Å². The lowest BCUT2D eigenvalue weighted by Crippen LogP contribution is -2.28. The molecule has 1 aromatic heterocycles. The lowest BCUT2D eigenvalue weighted by Gasteiger charge is -2.19. The van der Waals surface area contributed by atoms with Gasteiger partial charge in [-0.15, -0.1) is 0 Å². The number of ether oxygens (including phenoxy) is 1. The molecule has 0 radical (unpaired) electrons. The molecule has 1 atom stereocenters. The van der Waals surface area contributed by atoms with Crippen molar-refractivity contribution in [1.29, 1.82) is 0 Å². The summed E-state index contributed by atoms with van der Waals surface area (Å²) in [6.45, 7) is 2.06. The van der Waals surface area contributed by atoms with E-state index in [1.54, 1.807) is 30.3 Å². The van der Waals surface area contributed by atoms with Crippen LogP contribution in [0.3, 0.4) is 0 Å². The van der Waals surface area contributed by atoms with Gasteiger partial charge < -0.3 is 15.0 Å². The summed E-state index contributed by atoms with van der Waals surface area (Å²) in [7, 11) is 1.27. The zero-order chi connectivity index (χ0) is 29.1. The van der Waals surface area contributed by atoms with Crippen LogP contribution in [0.4, 0.5) is 4.39 Å². The summed E-state index contributed by atoms with van der Waals surface area (Å²) in [5.74, 6) is -1.12. The number of H-pyrrole nitrogens is 1. The van der Waals surface area contributed by atoms with Gasteiger partial charge in [-0.25, -0.2) is 14.2 Å². The number of hydrogen-bond acceptors (Lipinski definition) is 4. The highest BCUT2D eigenvalue weighted by Gasteiger charge is 2.23. The fourth-order valence-corrected chi connectivity index (χ4v) is 5.28. The van der Waals surface area contributed by atoms with Gasteiger partial charge in [0.1, 0.15) is 11.6 Å². The molecule has 0 bridgehead atoms. The Kier molecular flexibility index (Phi) is 8.38. The molecule has 0 unspecified atom stereocenters. The number of benzene rings is 4. The number of aromatic nitrogens is 2. The SMILES string of the molecule is CCC[C@@H](NC(=O)c1ccc(-c2c(Cl)cccc2-c2nc3cc(Cl)c(F)cc3[nH]2)c(C(=O)OC)c1)c1ccccc1. The summed E-state index contributed by atoms with van der Waals surface area (Å²) >= 11 is 12.7. The van der Waals surface area contributed by atoms with E-state index in [1.807, 2.05) is 30.3 Å². The van der Waals surface area contributed by atoms with Crippen molar-refractivity contribution in [2.45, 2.75) is 25.8 Å². The molecule has 5 aromatic rings. The van der Waals surface area contributed by atoms with Gasteiger partial charge in [0.05, 0.1) is 34.8 Å². The first-order valence-electron chi connectivity index (χ1n) is 13.0. The Hall–Kier alpha value is -4.20. The van der Waals surface area contributed by atoms with E-state index in [1.165, 1.54) is 25.3 Å². The summed E-state index contributed by atoms with van der Waals surface area (Å²) in [5.41, 5.74) is 3.90. The molecular weight excluding hydrogens is 564 g/mol. The van der Waals surface area contributed by atoms with Crippen molar-refractivity contribution in [2.75, 3.05) is 7.11 Å². The highest BCUT2D eigenvalue weighted by atomic mass is 35.5. The number of carbonyl (C=O) groups excluding carboxylic acids is 2. The molecule has 2 N–H and O–H groups in total. The van der Waals surface area contributed by atoms with E-state index < -0.39 is 11.8 Å². The lowest BCUT2D eigenvalue weighted by molar-refractivity contribution is 0.0601. The number of hydrogen-bond donors (Lipinski definition) is 2. The molecule has 0 spiro atoms. The number of methoxy groups -OCH3 is 1. The molecule has 0 aliphatic rings. The van der Waals surface area contributed by atoms with Crippen LogP contribution >= 0.6 is 23.2 Å². The minimum absolute atomic E-state index is 0.0443. The van der Waals surface area contributed by atoms with E-state index in [4.69, 9.17) is 27.9 Å². The number of esters is 1. The van der Waals surface area contributed by atoms with Crippen molar-refractivity contribution in [3.05, 3.63) is 111 Å². The third-order valence-electron chi connectivity index (χ3n) is 6.83. The molecule has 0 saturated heterocycles. The Morgan fingerprint density at radius 3 is 2.49 bits per heavy atom. The molecule has 1 heterocycles. The smallest absolute Gasteiger partial charge is 0.338 e. The van der Waals surface area contributed by atoms with Gasteiger partial charge in [0, 0.05) is 27.8 Å². The topological polar surface area (TPSA) is 84.1 Å². The molecule has 1 amide bonds. The van der Waals surface area contributed by atoms with Gasteiger partial charge in [-0.1, -0.05) is 85.1 Å². The second-order valence-corrected chi connectivity index (χ2v) is 10.3. The van der Waals surface area contributed by atoms with Crippen LogP contribution in [-0.2, 0) is 4.74 Å². The average Bonchev–Trinajstić information content (AvgIpc) is 3.39. The first kappa shape index (κ1) is 28.3. The number of rotatable bonds is 8. The van der Waals surface area contributed by atoms with E-state index >= 15 is 0 Å².